The number of nitrogens with one attached hydrogen (secondary N) is 1. The molecule has 0 aromatic heterocycles. The van der Waals surface area contributed by atoms with Crippen LogP contribution in [0.15, 0.2) is 12.1 Å². The maximum Gasteiger partial charge on any atom is 0.389 e. The smallest absolute Gasteiger partial charge is 0.389 e. The second kappa shape index (κ2) is 7.64. The Morgan fingerprint density at radius 2 is 1.95 bits per heavy atom. The molecule has 0 saturated carbocycles. The number of rotatable bonds is 7. The Morgan fingerprint density at radius 3 is 2.52 bits per heavy atom. The largest absolute Gasteiger partial charge is 0.493 e. The van der Waals surface area contributed by atoms with E-state index in [1.54, 1.807) is 6.92 Å². The van der Waals surface area contributed by atoms with Crippen molar-refractivity contribution in [3.63, 3.8) is 0 Å². The van der Waals surface area contributed by atoms with Gasteiger partial charge in [0.25, 0.3) is 0 Å². The molecule has 1 rings (SSSR count). The Hall–Kier alpha value is -1.30. The van der Waals surface area contributed by atoms with Gasteiger partial charge in [0.2, 0.25) is 0 Å². The summed E-state index contributed by atoms with van der Waals surface area (Å²) < 4.78 is 55.4. The lowest BCUT2D eigenvalue weighted by Gasteiger charge is -2.19. The Bertz CT molecular complexity index is 460. The predicted molar refractivity (Wildman–Crippen MR) is 74.0 cm³/mol. The third-order valence-electron chi connectivity index (χ3n) is 3.13. The molecule has 0 aliphatic carbocycles. The lowest BCUT2D eigenvalue weighted by molar-refractivity contribution is -0.136. The summed E-state index contributed by atoms with van der Waals surface area (Å²) in [5, 5.41) is 3.14. The third-order valence-corrected chi connectivity index (χ3v) is 3.13. The molecule has 2 nitrogen and oxygen atoms in total. The molecule has 0 saturated heterocycles. The molecule has 120 valence electrons. The van der Waals surface area contributed by atoms with Crippen LogP contribution in [0.3, 0.4) is 0 Å². The number of hydrogen-bond acceptors (Lipinski definition) is 2. The van der Waals surface area contributed by atoms with Gasteiger partial charge in [0, 0.05) is 18.0 Å². The van der Waals surface area contributed by atoms with Crippen molar-refractivity contribution >= 4 is 0 Å². The highest BCUT2D eigenvalue weighted by molar-refractivity contribution is 5.40. The Morgan fingerprint density at radius 1 is 1.29 bits per heavy atom. The van der Waals surface area contributed by atoms with Crippen molar-refractivity contribution < 1.29 is 22.3 Å². The molecule has 0 aliphatic rings. The van der Waals surface area contributed by atoms with Crippen molar-refractivity contribution in [1.29, 1.82) is 0 Å². The third kappa shape index (κ3) is 5.91. The number of aryl methyl sites for hydroxylation is 1. The summed E-state index contributed by atoms with van der Waals surface area (Å²) in [4.78, 5) is 0. The van der Waals surface area contributed by atoms with Crippen LogP contribution in [-0.4, -0.2) is 19.3 Å². The number of alkyl halides is 3. The average Bonchev–Trinajstić information content (AvgIpc) is 2.37. The SMILES string of the molecule is CCNC(C)c1cc(F)c(C)cc1OCCCC(F)(F)F. The fourth-order valence-corrected chi connectivity index (χ4v) is 2.00. The van der Waals surface area contributed by atoms with Crippen molar-refractivity contribution in [2.75, 3.05) is 13.2 Å². The van der Waals surface area contributed by atoms with Gasteiger partial charge in [-0.2, -0.15) is 13.2 Å². The molecule has 21 heavy (non-hydrogen) atoms. The zero-order valence-electron chi connectivity index (χ0n) is 12.5. The van der Waals surface area contributed by atoms with E-state index < -0.39 is 12.6 Å². The molecule has 0 spiro atoms. The minimum Gasteiger partial charge on any atom is -0.493 e. The summed E-state index contributed by atoms with van der Waals surface area (Å²) in [5.74, 6) is 0.0851. The van der Waals surface area contributed by atoms with Crippen molar-refractivity contribution in [2.45, 2.75) is 45.8 Å². The van der Waals surface area contributed by atoms with Crippen LogP contribution >= 0.6 is 0 Å². The quantitative estimate of drug-likeness (QED) is 0.590. The molecule has 0 aliphatic heterocycles. The molecular formula is C15H21F4NO. The monoisotopic (exact) mass is 307 g/mol. The van der Waals surface area contributed by atoms with Crippen LogP contribution < -0.4 is 10.1 Å². The van der Waals surface area contributed by atoms with Crippen LogP contribution in [0.25, 0.3) is 0 Å². The van der Waals surface area contributed by atoms with Gasteiger partial charge in [-0.3, -0.25) is 0 Å². The van der Waals surface area contributed by atoms with E-state index >= 15 is 0 Å². The van der Waals surface area contributed by atoms with Gasteiger partial charge in [0.1, 0.15) is 11.6 Å². The highest BCUT2D eigenvalue weighted by atomic mass is 19.4. The van der Waals surface area contributed by atoms with Gasteiger partial charge in [-0.1, -0.05) is 6.92 Å². The summed E-state index contributed by atoms with van der Waals surface area (Å²) in [7, 11) is 0. The predicted octanol–water partition coefficient (Wildman–Crippen LogP) is 4.53. The van der Waals surface area contributed by atoms with E-state index in [1.165, 1.54) is 12.1 Å². The number of hydrogen-bond donors (Lipinski definition) is 1. The van der Waals surface area contributed by atoms with Gasteiger partial charge in [0.05, 0.1) is 6.61 Å². The maximum absolute atomic E-state index is 13.7. The molecule has 1 atom stereocenters. The average molecular weight is 307 g/mol. The molecule has 1 N–H and O–H groups in total. The highest BCUT2D eigenvalue weighted by Gasteiger charge is 2.26. The second-order valence-electron chi connectivity index (χ2n) is 4.99. The van der Waals surface area contributed by atoms with Crippen LogP contribution in [0.4, 0.5) is 17.6 Å². The van der Waals surface area contributed by atoms with E-state index in [4.69, 9.17) is 4.74 Å². The zero-order valence-corrected chi connectivity index (χ0v) is 12.5. The summed E-state index contributed by atoms with van der Waals surface area (Å²) in [6.45, 7) is 6.03. The summed E-state index contributed by atoms with van der Waals surface area (Å²) in [5.41, 5.74) is 1.03. The lowest BCUT2D eigenvalue weighted by Crippen LogP contribution is -2.19. The number of ether oxygens (including phenoxy) is 1. The van der Waals surface area contributed by atoms with Crippen LogP contribution in [-0.2, 0) is 0 Å². The maximum atomic E-state index is 13.7. The molecule has 0 heterocycles. The van der Waals surface area contributed by atoms with E-state index in [-0.39, 0.29) is 24.9 Å². The van der Waals surface area contributed by atoms with E-state index in [0.29, 0.717) is 23.4 Å². The summed E-state index contributed by atoms with van der Waals surface area (Å²) >= 11 is 0. The molecule has 0 bridgehead atoms. The van der Waals surface area contributed by atoms with Crippen LogP contribution in [0.2, 0.25) is 0 Å². The first-order valence-corrected chi connectivity index (χ1v) is 6.97. The van der Waals surface area contributed by atoms with Gasteiger partial charge >= 0.3 is 6.18 Å². The van der Waals surface area contributed by atoms with E-state index in [1.807, 2.05) is 13.8 Å². The van der Waals surface area contributed by atoms with Crippen molar-refractivity contribution in [3.8, 4) is 5.75 Å². The van der Waals surface area contributed by atoms with Crippen molar-refractivity contribution in [3.05, 3.63) is 29.1 Å². The molecule has 0 amide bonds. The molecular weight excluding hydrogens is 286 g/mol. The van der Waals surface area contributed by atoms with E-state index in [2.05, 4.69) is 5.32 Å². The fourth-order valence-electron chi connectivity index (χ4n) is 2.00. The Kier molecular flexibility index (Phi) is 6.45. The van der Waals surface area contributed by atoms with Gasteiger partial charge in [-0.15, -0.1) is 0 Å². The lowest BCUT2D eigenvalue weighted by atomic mass is 10.0. The van der Waals surface area contributed by atoms with Crippen LogP contribution in [0.5, 0.6) is 5.75 Å². The van der Waals surface area contributed by atoms with Gasteiger partial charge in [-0.05, 0) is 44.5 Å². The zero-order chi connectivity index (χ0) is 16.0. The van der Waals surface area contributed by atoms with Crippen molar-refractivity contribution in [2.24, 2.45) is 0 Å². The first-order chi connectivity index (χ1) is 9.74. The summed E-state index contributed by atoms with van der Waals surface area (Å²) in [6.07, 6.45) is -5.18. The van der Waals surface area contributed by atoms with E-state index in [0.717, 1.165) is 0 Å². The van der Waals surface area contributed by atoms with Gasteiger partial charge < -0.3 is 10.1 Å². The second-order valence-corrected chi connectivity index (χ2v) is 4.99. The van der Waals surface area contributed by atoms with Crippen molar-refractivity contribution in [1.82, 2.24) is 5.32 Å². The molecule has 1 aromatic carbocycles. The number of halogens is 4. The standard InChI is InChI=1S/C15H21F4NO/c1-4-20-11(3)12-9-13(16)10(2)8-14(12)21-7-5-6-15(17,18)19/h8-9,11,20H,4-7H2,1-3H3. The molecule has 1 unspecified atom stereocenters. The van der Waals surface area contributed by atoms with Gasteiger partial charge in [0.15, 0.2) is 0 Å². The summed E-state index contributed by atoms with van der Waals surface area (Å²) in [6, 6.07) is 2.77. The normalized spacial score (nSPS) is 13.3. The molecule has 6 heteroatoms. The minimum absolute atomic E-state index is 0.0452. The first kappa shape index (κ1) is 17.8. The first-order valence-electron chi connectivity index (χ1n) is 6.97. The molecule has 0 fully saturated rings. The highest BCUT2D eigenvalue weighted by Crippen LogP contribution is 2.29. The topological polar surface area (TPSA) is 21.3 Å². The number of benzene rings is 1. The van der Waals surface area contributed by atoms with E-state index in [9.17, 15) is 17.6 Å². The van der Waals surface area contributed by atoms with Gasteiger partial charge in [-0.25, -0.2) is 4.39 Å². The molecule has 1 aromatic rings. The fraction of sp³-hybridized carbons (Fsp3) is 0.600. The Balaban J connectivity index is 2.77. The molecule has 0 radical (unpaired) electrons. The Labute approximate surface area is 122 Å². The van der Waals surface area contributed by atoms with Crippen LogP contribution in [0, 0.1) is 12.7 Å². The minimum atomic E-state index is -4.18. The van der Waals surface area contributed by atoms with Crippen LogP contribution in [0.1, 0.15) is 43.9 Å².